The maximum absolute atomic E-state index is 13.4. The fourth-order valence-electron chi connectivity index (χ4n) is 4.23. The van der Waals surface area contributed by atoms with Crippen molar-refractivity contribution in [2.45, 2.75) is 23.5 Å². The zero-order chi connectivity index (χ0) is 30.2. The van der Waals surface area contributed by atoms with Crippen molar-refractivity contribution in [3.8, 4) is 11.5 Å². The third kappa shape index (κ3) is 7.97. The minimum Gasteiger partial charge on any atom is -0.454 e. The molecule has 3 amide bonds. The normalized spacial score (nSPS) is 12.7. The standard InChI is InChI=1S/C33H28ClN3O5S/c1-2-30(33(40)36-25-14-15-28-29(19-25)42-20-41-28)43-26-13-7-12-24(18-26)35-32(39)27(17-21-8-6-11-23(34)16-21)37-31(38)22-9-4-3-5-10-22/h3-19,30H,2,20H2,1H3,(H,35,39)(H,36,40)(H,37,38)/b27-17-. The summed E-state index contributed by atoms with van der Waals surface area (Å²) in [5, 5.41) is 8.64. The van der Waals surface area contributed by atoms with E-state index in [1.54, 1.807) is 97.1 Å². The molecule has 5 rings (SSSR count). The van der Waals surface area contributed by atoms with Gasteiger partial charge in [-0.3, -0.25) is 14.4 Å². The summed E-state index contributed by atoms with van der Waals surface area (Å²) >= 11 is 7.53. The van der Waals surface area contributed by atoms with Crippen molar-refractivity contribution in [2.75, 3.05) is 17.4 Å². The van der Waals surface area contributed by atoms with Gasteiger partial charge in [0, 0.05) is 32.9 Å². The highest BCUT2D eigenvalue weighted by Crippen LogP contribution is 2.35. The molecule has 0 fully saturated rings. The number of halogens is 1. The van der Waals surface area contributed by atoms with E-state index < -0.39 is 11.8 Å². The average molecular weight is 614 g/mol. The number of fused-ring (bicyclic) bond motifs is 1. The van der Waals surface area contributed by atoms with Crippen LogP contribution in [0.25, 0.3) is 6.08 Å². The van der Waals surface area contributed by atoms with Gasteiger partial charge in [0.25, 0.3) is 11.8 Å². The summed E-state index contributed by atoms with van der Waals surface area (Å²) in [5.41, 5.74) is 2.23. The highest BCUT2D eigenvalue weighted by atomic mass is 35.5. The molecule has 10 heteroatoms. The maximum atomic E-state index is 13.4. The molecule has 1 unspecified atom stereocenters. The predicted molar refractivity (Wildman–Crippen MR) is 170 cm³/mol. The summed E-state index contributed by atoms with van der Waals surface area (Å²) in [6, 6.07) is 28.1. The van der Waals surface area contributed by atoms with Crippen molar-refractivity contribution in [2.24, 2.45) is 0 Å². The Balaban J connectivity index is 1.29. The number of anilines is 2. The largest absolute Gasteiger partial charge is 0.454 e. The Morgan fingerprint density at radius 1 is 0.860 bits per heavy atom. The van der Waals surface area contributed by atoms with E-state index >= 15 is 0 Å². The summed E-state index contributed by atoms with van der Waals surface area (Å²) in [6.07, 6.45) is 2.14. The first kappa shape index (κ1) is 29.8. The Labute approximate surface area is 258 Å². The molecule has 0 spiro atoms. The number of carbonyl (C=O) groups is 3. The van der Waals surface area contributed by atoms with Crippen molar-refractivity contribution >= 4 is 58.5 Å². The number of ether oxygens (including phenoxy) is 2. The highest BCUT2D eigenvalue weighted by molar-refractivity contribution is 8.00. The SMILES string of the molecule is CCC(Sc1cccc(NC(=O)/C(=C/c2cccc(Cl)c2)NC(=O)c2ccccc2)c1)C(=O)Nc1ccc2c(c1)OCO2. The van der Waals surface area contributed by atoms with Crippen LogP contribution in [0, 0.1) is 0 Å². The van der Waals surface area contributed by atoms with E-state index in [1.165, 1.54) is 11.8 Å². The Morgan fingerprint density at radius 3 is 2.42 bits per heavy atom. The Kier molecular flexibility index (Phi) is 9.66. The first-order valence-electron chi connectivity index (χ1n) is 13.5. The van der Waals surface area contributed by atoms with Gasteiger partial charge in [0.2, 0.25) is 12.7 Å². The average Bonchev–Trinajstić information content (AvgIpc) is 3.48. The second-order valence-corrected chi connectivity index (χ2v) is 11.2. The molecule has 0 aliphatic carbocycles. The van der Waals surface area contributed by atoms with E-state index in [2.05, 4.69) is 16.0 Å². The second-order valence-electron chi connectivity index (χ2n) is 9.49. The van der Waals surface area contributed by atoms with Crippen molar-refractivity contribution < 1.29 is 23.9 Å². The molecule has 4 aromatic carbocycles. The molecule has 43 heavy (non-hydrogen) atoms. The van der Waals surface area contributed by atoms with Gasteiger partial charge in [-0.25, -0.2) is 0 Å². The fraction of sp³-hybridized carbons (Fsp3) is 0.121. The summed E-state index contributed by atoms with van der Waals surface area (Å²) in [7, 11) is 0. The van der Waals surface area contributed by atoms with Crippen LogP contribution >= 0.6 is 23.4 Å². The number of hydrogen-bond donors (Lipinski definition) is 3. The Hall–Kier alpha value is -4.73. The van der Waals surface area contributed by atoms with E-state index in [0.29, 0.717) is 45.4 Å². The topological polar surface area (TPSA) is 106 Å². The van der Waals surface area contributed by atoms with Gasteiger partial charge in [-0.15, -0.1) is 11.8 Å². The van der Waals surface area contributed by atoms with Gasteiger partial charge in [-0.05, 0) is 72.7 Å². The molecule has 0 radical (unpaired) electrons. The molecule has 0 saturated heterocycles. The quantitative estimate of drug-likeness (QED) is 0.132. The molecule has 218 valence electrons. The van der Waals surface area contributed by atoms with Crippen LogP contribution in [0.3, 0.4) is 0 Å². The lowest BCUT2D eigenvalue weighted by atomic mass is 10.1. The molecule has 1 aliphatic rings. The first-order valence-corrected chi connectivity index (χ1v) is 14.8. The fourth-order valence-corrected chi connectivity index (χ4v) is 5.45. The molecular formula is C33H28ClN3O5S. The monoisotopic (exact) mass is 613 g/mol. The summed E-state index contributed by atoms with van der Waals surface area (Å²) in [4.78, 5) is 40.2. The summed E-state index contributed by atoms with van der Waals surface area (Å²) in [5.74, 6) is 0.136. The van der Waals surface area contributed by atoms with Crippen LogP contribution in [0.1, 0.15) is 29.3 Å². The lowest BCUT2D eigenvalue weighted by molar-refractivity contribution is -0.116. The molecule has 1 heterocycles. The second kappa shape index (κ2) is 14.0. The van der Waals surface area contributed by atoms with E-state index in [9.17, 15) is 14.4 Å². The Morgan fingerprint density at radius 2 is 1.63 bits per heavy atom. The number of benzene rings is 4. The molecule has 0 saturated carbocycles. The molecular weight excluding hydrogens is 586 g/mol. The number of amides is 3. The van der Waals surface area contributed by atoms with Crippen LogP contribution in [-0.2, 0) is 9.59 Å². The third-order valence-corrected chi connectivity index (χ3v) is 7.96. The minimum absolute atomic E-state index is 0.0451. The van der Waals surface area contributed by atoms with Crippen LogP contribution in [0.5, 0.6) is 11.5 Å². The molecule has 8 nitrogen and oxygen atoms in total. The first-order chi connectivity index (χ1) is 20.9. The molecule has 3 N–H and O–H groups in total. The van der Waals surface area contributed by atoms with E-state index in [1.807, 2.05) is 13.0 Å². The van der Waals surface area contributed by atoms with Crippen LogP contribution in [0.15, 0.2) is 108 Å². The minimum atomic E-state index is -0.515. The van der Waals surface area contributed by atoms with Crippen molar-refractivity contribution in [1.29, 1.82) is 0 Å². The number of carbonyl (C=O) groups excluding carboxylic acids is 3. The zero-order valence-electron chi connectivity index (χ0n) is 23.1. The predicted octanol–water partition coefficient (Wildman–Crippen LogP) is 6.99. The van der Waals surface area contributed by atoms with Gasteiger partial charge < -0.3 is 25.4 Å². The molecule has 0 aromatic heterocycles. The van der Waals surface area contributed by atoms with Crippen molar-refractivity contribution in [3.63, 3.8) is 0 Å². The Bertz CT molecular complexity index is 1680. The van der Waals surface area contributed by atoms with E-state index in [-0.39, 0.29) is 23.6 Å². The molecule has 1 aliphatic heterocycles. The maximum Gasteiger partial charge on any atom is 0.272 e. The lowest BCUT2D eigenvalue weighted by Crippen LogP contribution is -2.30. The third-order valence-electron chi connectivity index (χ3n) is 6.36. The van der Waals surface area contributed by atoms with Crippen molar-refractivity contribution in [3.05, 3.63) is 119 Å². The number of rotatable bonds is 10. The van der Waals surface area contributed by atoms with Crippen LogP contribution in [0.4, 0.5) is 11.4 Å². The van der Waals surface area contributed by atoms with Crippen molar-refractivity contribution in [1.82, 2.24) is 5.32 Å². The number of nitrogens with one attached hydrogen (secondary N) is 3. The van der Waals surface area contributed by atoms with Crippen LogP contribution in [-0.4, -0.2) is 29.8 Å². The van der Waals surface area contributed by atoms with Gasteiger partial charge in [0.1, 0.15) is 5.70 Å². The molecule has 1 atom stereocenters. The van der Waals surface area contributed by atoms with E-state index in [4.69, 9.17) is 21.1 Å². The smallest absolute Gasteiger partial charge is 0.272 e. The van der Waals surface area contributed by atoms with E-state index in [0.717, 1.165) is 4.90 Å². The number of thioether (sulfide) groups is 1. The van der Waals surface area contributed by atoms with Crippen LogP contribution < -0.4 is 25.4 Å². The number of hydrogen-bond acceptors (Lipinski definition) is 6. The van der Waals surface area contributed by atoms with Gasteiger partial charge in [0.15, 0.2) is 11.5 Å². The van der Waals surface area contributed by atoms with Crippen LogP contribution in [0.2, 0.25) is 5.02 Å². The van der Waals surface area contributed by atoms with Gasteiger partial charge >= 0.3 is 0 Å². The zero-order valence-corrected chi connectivity index (χ0v) is 24.7. The van der Waals surface area contributed by atoms with Gasteiger partial charge in [0.05, 0.1) is 5.25 Å². The highest BCUT2D eigenvalue weighted by Gasteiger charge is 2.21. The molecule has 0 bridgehead atoms. The lowest BCUT2D eigenvalue weighted by Gasteiger charge is -2.16. The summed E-state index contributed by atoms with van der Waals surface area (Å²) < 4.78 is 10.7. The van der Waals surface area contributed by atoms with Gasteiger partial charge in [-0.2, -0.15) is 0 Å². The molecule has 4 aromatic rings. The summed E-state index contributed by atoms with van der Waals surface area (Å²) in [6.45, 7) is 2.09. The van der Waals surface area contributed by atoms with Gasteiger partial charge in [-0.1, -0.05) is 54.9 Å².